The van der Waals surface area contributed by atoms with Crippen LogP contribution in [0.5, 0.6) is 0 Å². The van der Waals surface area contributed by atoms with Crippen molar-refractivity contribution in [1.82, 2.24) is 20.1 Å². The number of hydrogen-bond acceptors (Lipinski definition) is 4. The van der Waals surface area contributed by atoms with E-state index in [4.69, 9.17) is 5.11 Å². The van der Waals surface area contributed by atoms with Gasteiger partial charge in [-0.25, -0.2) is 4.98 Å². The molecule has 0 amide bonds. The van der Waals surface area contributed by atoms with Crippen LogP contribution in [0.2, 0.25) is 0 Å². The lowest BCUT2D eigenvalue weighted by Crippen LogP contribution is -2.28. The highest BCUT2D eigenvalue weighted by Gasteiger charge is 2.08. The average molecular weight is 262 g/mol. The number of fused-ring (bicyclic) bond motifs is 1. The second kappa shape index (κ2) is 6.12. The number of aliphatic hydroxyl groups excluding tert-OH is 1. The maximum atomic E-state index is 8.98. The fraction of sp³-hybridized carbons (Fsp3) is 0.571. The predicted octanol–water partition coefficient (Wildman–Crippen LogP) is 1.53. The summed E-state index contributed by atoms with van der Waals surface area (Å²) >= 11 is 0. The van der Waals surface area contributed by atoms with Gasteiger partial charge in [0, 0.05) is 37.8 Å². The SMILES string of the molecule is CCC(CCO)NCc1cnc2c(c1)c(C)nn2C. The molecular formula is C14H22N4O. The molecule has 0 bridgehead atoms. The topological polar surface area (TPSA) is 63.0 Å². The number of aliphatic hydroxyl groups is 1. The Labute approximate surface area is 113 Å². The van der Waals surface area contributed by atoms with Crippen molar-refractivity contribution in [2.75, 3.05) is 6.61 Å². The minimum atomic E-state index is 0.227. The van der Waals surface area contributed by atoms with Crippen LogP contribution in [0.3, 0.4) is 0 Å². The van der Waals surface area contributed by atoms with E-state index in [1.165, 1.54) is 0 Å². The van der Waals surface area contributed by atoms with E-state index in [0.29, 0.717) is 6.04 Å². The lowest BCUT2D eigenvalue weighted by molar-refractivity contribution is 0.262. The molecule has 0 saturated carbocycles. The van der Waals surface area contributed by atoms with Gasteiger partial charge in [-0.3, -0.25) is 4.68 Å². The number of nitrogens with one attached hydrogen (secondary N) is 1. The van der Waals surface area contributed by atoms with E-state index in [-0.39, 0.29) is 6.61 Å². The van der Waals surface area contributed by atoms with Crippen molar-refractivity contribution in [2.24, 2.45) is 7.05 Å². The second-order valence-corrected chi connectivity index (χ2v) is 4.92. The molecule has 0 radical (unpaired) electrons. The highest BCUT2D eigenvalue weighted by atomic mass is 16.3. The van der Waals surface area contributed by atoms with E-state index in [1.807, 2.05) is 24.9 Å². The van der Waals surface area contributed by atoms with E-state index < -0.39 is 0 Å². The molecule has 5 nitrogen and oxygen atoms in total. The largest absolute Gasteiger partial charge is 0.396 e. The van der Waals surface area contributed by atoms with E-state index in [0.717, 1.165) is 41.7 Å². The zero-order chi connectivity index (χ0) is 13.8. The molecule has 104 valence electrons. The summed E-state index contributed by atoms with van der Waals surface area (Å²) < 4.78 is 1.81. The first-order valence-electron chi connectivity index (χ1n) is 6.78. The van der Waals surface area contributed by atoms with Crippen LogP contribution >= 0.6 is 0 Å². The van der Waals surface area contributed by atoms with Crippen LogP contribution in [-0.4, -0.2) is 32.5 Å². The van der Waals surface area contributed by atoms with Crippen LogP contribution in [-0.2, 0) is 13.6 Å². The molecule has 2 N–H and O–H groups in total. The fourth-order valence-corrected chi connectivity index (χ4v) is 2.32. The highest BCUT2D eigenvalue weighted by Crippen LogP contribution is 2.16. The van der Waals surface area contributed by atoms with Crippen molar-refractivity contribution < 1.29 is 5.11 Å². The standard InChI is InChI=1S/C14H22N4O/c1-4-12(5-6-19)15-8-11-7-13-10(2)17-18(3)14(13)16-9-11/h7,9,12,15,19H,4-6,8H2,1-3H3. The molecule has 2 aromatic rings. The monoisotopic (exact) mass is 262 g/mol. The normalized spacial score (nSPS) is 13.1. The van der Waals surface area contributed by atoms with Crippen molar-refractivity contribution in [3.05, 3.63) is 23.5 Å². The zero-order valence-electron chi connectivity index (χ0n) is 11.8. The predicted molar refractivity (Wildman–Crippen MR) is 75.9 cm³/mol. The molecule has 2 rings (SSSR count). The third kappa shape index (κ3) is 3.11. The number of aryl methyl sites for hydroxylation is 2. The van der Waals surface area contributed by atoms with Gasteiger partial charge in [0.2, 0.25) is 0 Å². The lowest BCUT2D eigenvalue weighted by Gasteiger charge is -2.15. The van der Waals surface area contributed by atoms with Gasteiger partial charge < -0.3 is 10.4 Å². The first-order valence-corrected chi connectivity index (χ1v) is 6.78. The highest BCUT2D eigenvalue weighted by molar-refractivity contribution is 5.78. The maximum Gasteiger partial charge on any atom is 0.157 e. The van der Waals surface area contributed by atoms with Gasteiger partial charge in [-0.05, 0) is 31.4 Å². The van der Waals surface area contributed by atoms with Crippen LogP contribution in [0, 0.1) is 6.92 Å². The molecule has 0 aliphatic rings. The molecule has 0 aliphatic heterocycles. The Morgan fingerprint density at radius 1 is 1.47 bits per heavy atom. The summed E-state index contributed by atoms with van der Waals surface area (Å²) in [5.41, 5.74) is 3.08. The van der Waals surface area contributed by atoms with E-state index in [1.54, 1.807) is 0 Å². The quantitative estimate of drug-likeness (QED) is 0.828. The van der Waals surface area contributed by atoms with Gasteiger partial charge in [0.25, 0.3) is 0 Å². The van der Waals surface area contributed by atoms with Crippen LogP contribution < -0.4 is 5.32 Å². The van der Waals surface area contributed by atoms with Crippen molar-refractivity contribution in [3.63, 3.8) is 0 Å². The third-order valence-electron chi connectivity index (χ3n) is 3.48. The van der Waals surface area contributed by atoms with Crippen molar-refractivity contribution in [3.8, 4) is 0 Å². The summed E-state index contributed by atoms with van der Waals surface area (Å²) in [6.45, 7) is 5.13. The van der Waals surface area contributed by atoms with Gasteiger partial charge in [-0.1, -0.05) is 6.92 Å². The minimum absolute atomic E-state index is 0.227. The van der Waals surface area contributed by atoms with Gasteiger partial charge in [-0.15, -0.1) is 0 Å². The summed E-state index contributed by atoms with van der Waals surface area (Å²) in [5, 5.41) is 17.9. The Morgan fingerprint density at radius 3 is 2.95 bits per heavy atom. The molecule has 2 heterocycles. The molecular weight excluding hydrogens is 240 g/mol. The second-order valence-electron chi connectivity index (χ2n) is 4.92. The molecule has 1 unspecified atom stereocenters. The summed E-state index contributed by atoms with van der Waals surface area (Å²) in [6, 6.07) is 2.50. The van der Waals surface area contributed by atoms with Gasteiger partial charge >= 0.3 is 0 Å². The van der Waals surface area contributed by atoms with Gasteiger partial charge in [-0.2, -0.15) is 5.10 Å². The Morgan fingerprint density at radius 2 is 2.26 bits per heavy atom. The maximum absolute atomic E-state index is 8.98. The molecule has 1 atom stereocenters. The zero-order valence-corrected chi connectivity index (χ0v) is 11.8. The fourth-order valence-electron chi connectivity index (χ4n) is 2.32. The Balaban J connectivity index is 2.11. The Hall–Kier alpha value is -1.46. The van der Waals surface area contributed by atoms with Gasteiger partial charge in [0.15, 0.2) is 5.65 Å². The number of rotatable bonds is 6. The van der Waals surface area contributed by atoms with E-state index >= 15 is 0 Å². The molecule has 0 aliphatic carbocycles. The van der Waals surface area contributed by atoms with Crippen LogP contribution in [0.1, 0.15) is 31.0 Å². The third-order valence-corrected chi connectivity index (χ3v) is 3.48. The first-order chi connectivity index (χ1) is 9.15. The number of hydrogen-bond donors (Lipinski definition) is 2. The number of aromatic nitrogens is 3. The summed E-state index contributed by atoms with van der Waals surface area (Å²) in [4.78, 5) is 4.46. The van der Waals surface area contributed by atoms with Gasteiger partial charge in [0.1, 0.15) is 0 Å². The summed E-state index contributed by atoms with van der Waals surface area (Å²) in [5.74, 6) is 0. The summed E-state index contributed by atoms with van der Waals surface area (Å²) in [6.07, 6.45) is 3.70. The van der Waals surface area contributed by atoms with Crippen LogP contribution in [0.4, 0.5) is 0 Å². The molecule has 2 aromatic heterocycles. The molecule has 0 spiro atoms. The molecule has 0 saturated heterocycles. The molecule has 19 heavy (non-hydrogen) atoms. The lowest BCUT2D eigenvalue weighted by atomic mass is 10.1. The Kier molecular flexibility index (Phi) is 4.50. The first kappa shape index (κ1) is 14.0. The summed E-state index contributed by atoms with van der Waals surface area (Å²) in [7, 11) is 1.91. The smallest absolute Gasteiger partial charge is 0.157 e. The number of nitrogens with zero attached hydrogens (tertiary/aromatic N) is 3. The molecule has 0 fully saturated rings. The van der Waals surface area contributed by atoms with Crippen molar-refractivity contribution in [2.45, 2.75) is 39.3 Å². The molecule has 5 heteroatoms. The molecule has 0 aromatic carbocycles. The van der Waals surface area contributed by atoms with Gasteiger partial charge in [0.05, 0.1) is 5.69 Å². The average Bonchev–Trinajstić information content (AvgIpc) is 2.70. The Bertz CT molecular complexity index is 550. The van der Waals surface area contributed by atoms with E-state index in [2.05, 4.69) is 28.4 Å². The van der Waals surface area contributed by atoms with Crippen molar-refractivity contribution >= 4 is 11.0 Å². The number of pyridine rings is 1. The van der Waals surface area contributed by atoms with Crippen LogP contribution in [0.25, 0.3) is 11.0 Å². The minimum Gasteiger partial charge on any atom is -0.396 e. The van der Waals surface area contributed by atoms with Crippen molar-refractivity contribution in [1.29, 1.82) is 0 Å². The van der Waals surface area contributed by atoms with E-state index in [9.17, 15) is 0 Å². The van der Waals surface area contributed by atoms with Crippen LogP contribution in [0.15, 0.2) is 12.3 Å².